The Bertz CT molecular complexity index is 1030. The lowest BCUT2D eigenvalue weighted by Crippen LogP contribution is -2.30. The van der Waals surface area contributed by atoms with E-state index in [1.807, 2.05) is 24.3 Å². The first-order chi connectivity index (χ1) is 14.1. The molecule has 8 heteroatoms. The van der Waals surface area contributed by atoms with Crippen LogP contribution in [0.1, 0.15) is 17.9 Å². The normalized spacial score (nSPS) is 15.1. The van der Waals surface area contributed by atoms with Crippen molar-refractivity contribution in [2.24, 2.45) is 0 Å². The fraction of sp³-hybridized carbons (Fsp3) is 0.286. The van der Waals surface area contributed by atoms with Crippen molar-refractivity contribution >= 4 is 28.9 Å². The van der Waals surface area contributed by atoms with Crippen LogP contribution >= 0.6 is 23.2 Å². The number of anilines is 1. The molecule has 0 spiro atoms. The van der Waals surface area contributed by atoms with Gasteiger partial charge in [0.05, 0.1) is 28.8 Å². The lowest BCUT2D eigenvalue weighted by atomic mass is 10.2. The molecule has 0 bridgehead atoms. The summed E-state index contributed by atoms with van der Waals surface area (Å²) < 4.78 is 5.84. The van der Waals surface area contributed by atoms with Crippen molar-refractivity contribution in [3.8, 4) is 17.5 Å². The summed E-state index contributed by atoms with van der Waals surface area (Å²) >= 11 is 12.2. The first-order valence-electron chi connectivity index (χ1n) is 9.37. The highest BCUT2D eigenvalue weighted by Crippen LogP contribution is 2.29. The topological polar surface area (TPSA) is 69.2 Å². The maximum Gasteiger partial charge on any atom is 0.249 e. The van der Waals surface area contributed by atoms with Gasteiger partial charge in [0.15, 0.2) is 0 Å². The second-order valence-corrected chi connectivity index (χ2v) is 7.74. The summed E-state index contributed by atoms with van der Waals surface area (Å²) in [6.45, 7) is 4.30. The van der Waals surface area contributed by atoms with Crippen LogP contribution in [0.2, 0.25) is 10.0 Å². The average molecular weight is 428 g/mol. The molecule has 0 unspecified atom stereocenters. The lowest BCUT2D eigenvalue weighted by Gasteiger charge is -2.23. The number of halogens is 2. The minimum atomic E-state index is 0.399. The van der Waals surface area contributed by atoms with E-state index in [1.165, 1.54) is 0 Å². The SMILES string of the molecule is N#Cc1ccc(N2CCCN(Cc3nnc(-c4ccc(Cl)cc4Cl)o3)CC2)cc1. The van der Waals surface area contributed by atoms with E-state index in [9.17, 15) is 0 Å². The van der Waals surface area contributed by atoms with Gasteiger partial charge in [0, 0.05) is 36.9 Å². The molecule has 1 fully saturated rings. The molecule has 0 N–H and O–H groups in total. The molecule has 0 aliphatic carbocycles. The Balaban J connectivity index is 1.39. The second kappa shape index (κ2) is 8.83. The lowest BCUT2D eigenvalue weighted by molar-refractivity contribution is 0.256. The molecule has 2 aromatic carbocycles. The van der Waals surface area contributed by atoms with Crippen LogP contribution in [0.3, 0.4) is 0 Å². The largest absolute Gasteiger partial charge is 0.419 e. The third-order valence-electron chi connectivity index (χ3n) is 4.94. The van der Waals surface area contributed by atoms with E-state index in [4.69, 9.17) is 32.9 Å². The summed E-state index contributed by atoms with van der Waals surface area (Å²) in [5.41, 5.74) is 2.50. The zero-order chi connectivity index (χ0) is 20.2. The monoisotopic (exact) mass is 427 g/mol. The highest BCUT2D eigenvalue weighted by molar-refractivity contribution is 6.36. The Hall–Kier alpha value is -2.59. The average Bonchev–Trinajstić information content (AvgIpc) is 3.05. The highest BCUT2D eigenvalue weighted by Gasteiger charge is 2.19. The molecular formula is C21H19Cl2N5O. The van der Waals surface area contributed by atoms with Crippen molar-refractivity contribution in [3.63, 3.8) is 0 Å². The van der Waals surface area contributed by atoms with E-state index in [2.05, 4.69) is 26.1 Å². The van der Waals surface area contributed by atoms with E-state index in [-0.39, 0.29) is 0 Å². The van der Waals surface area contributed by atoms with E-state index in [1.54, 1.807) is 18.2 Å². The van der Waals surface area contributed by atoms with Crippen LogP contribution < -0.4 is 4.90 Å². The number of nitrogens with zero attached hydrogens (tertiary/aromatic N) is 5. The Kier molecular flexibility index (Phi) is 6.00. The number of aromatic nitrogens is 2. The van der Waals surface area contributed by atoms with Gasteiger partial charge in [0.25, 0.3) is 0 Å². The maximum absolute atomic E-state index is 8.96. The molecule has 1 aromatic heterocycles. The third kappa shape index (κ3) is 4.70. The smallest absolute Gasteiger partial charge is 0.249 e. The van der Waals surface area contributed by atoms with Gasteiger partial charge in [-0.05, 0) is 48.9 Å². The summed E-state index contributed by atoms with van der Waals surface area (Å²) in [6.07, 6.45) is 1.03. The van der Waals surface area contributed by atoms with Crippen molar-refractivity contribution in [2.45, 2.75) is 13.0 Å². The molecule has 6 nitrogen and oxygen atoms in total. The number of rotatable bonds is 4. The van der Waals surface area contributed by atoms with E-state index >= 15 is 0 Å². The van der Waals surface area contributed by atoms with E-state index < -0.39 is 0 Å². The maximum atomic E-state index is 8.96. The van der Waals surface area contributed by atoms with E-state index in [0.29, 0.717) is 39.5 Å². The van der Waals surface area contributed by atoms with Gasteiger partial charge in [0.1, 0.15) is 0 Å². The molecule has 29 heavy (non-hydrogen) atoms. The third-order valence-corrected chi connectivity index (χ3v) is 5.49. The summed E-state index contributed by atoms with van der Waals surface area (Å²) in [5.74, 6) is 0.966. The molecule has 0 radical (unpaired) electrons. The fourth-order valence-corrected chi connectivity index (χ4v) is 3.90. The van der Waals surface area contributed by atoms with Crippen LogP contribution in [0.15, 0.2) is 46.9 Å². The standard InChI is InChI=1S/C21H19Cl2N5O/c22-16-4-7-18(19(23)12-16)21-26-25-20(29-21)14-27-8-1-9-28(11-10-27)17-5-2-15(13-24)3-6-17/h2-7,12H,1,8-11,14H2. The minimum absolute atomic E-state index is 0.399. The van der Waals surface area contributed by atoms with Gasteiger partial charge in [-0.3, -0.25) is 4.90 Å². The minimum Gasteiger partial charge on any atom is -0.419 e. The van der Waals surface area contributed by atoms with Gasteiger partial charge >= 0.3 is 0 Å². The summed E-state index contributed by atoms with van der Waals surface area (Å²) in [6, 6.07) is 15.1. The Morgan fingerprint density at radius 1 is 1.00 bits per heavy atom. The molecule has 4 rings (SSSR count). The molecule has 0 amide bonds. The summed E-state index contributed by atoms with van der Waals surface area (Å²) in [7, 11) is 0. The summed E-state index contributed by atoms with van der Waals surface area (Å²) in [5, 5.41) is 18.3. The van der Waals surface area contributed by atoms with Crippen LogP contribution in [-0.2, 0) is 6.54 Å². The number of hydrogen-bond donors (Lipinski definition) is 0. The van der Waals surface area contributed by atoms with Crippen molar-refractivity contribution in [1.82, 2.24) is 15.1 Å². The molecule has 148 valence electrons. The first kappa shape index (κ1) is 19.7. The Morgan fingerprint density at radius 2 is 1.83 bits per heavy atom. The first-order valence-corrected chi connectivity index (χ1v) is 10.1. The van der Waals surface area contributed by atoms with Crippen molar-refractivity contribution < 1.29 is 4.42 Å². The molecule has 0 atom stereocenters. The van der Waals surface area contributed by atoms with Crippen molar-refractivity contribution in [1.29, 1.82) is 5.26 Å². The zero-order valence-corrected chi connectivity index (χ0v) is 17.2. The predicted molar refractivity (Wildman–Crippen MR) is 113 cm³/mol. The molecule has 0 saturated carbocycles. The second-order valence-electron chi connectivity index (χ2n) is 6.90. The number of nitriles is 1. The van der Waals surface area contributed by atoms with Crippen LogP contribution in [0.5, 0.6) is 0 Å². The fourth-order valence-electron chi connectivity index (χ4n) is 3.41. The molecule has 1 aliphatic rings. The van der Waals surface area contributed by atoms with Gasteiger partial charge in [-0.25, -0.2) is 0 Å². The van der Waals surface area contributed by atoms with Gasteiger partial charge in [-0.2, -0.15) is 5.26 Å². The van der Waals surface area contributed by atoms with Crippen molar-refractivity contribution in [2.75, 3.05) is 31.1 Å². The zero-order valence-electron chi connectivity index (χ0n) is 15.7. The summed E-state index contributed by atoms with van der Waals surface area (Å²) in [4.78, 5) is 4.65. The Morgan fingerprint density at radius 3 is 2.59 bits per heavy atom. The van der Waals surface area contributed by atoms with Crippen LogP contribution in [0.4, 0.5) is 5.69 Å². The predicted octanol–water partition coefficient (Wildman–Crippen LogP) is 4.63. The highest BCUT2D eigenvalue weighted by atomic mass is 35.5. The molecular weight excluding hydrogens is 409 g/mol. The number of benzene rings is 2. The molecule has 1 aliphatic heterocycles. The van der Waals surface area contributed by atoms with Gasteiger partial charge in [-0.15, -0.1) is 10.2 Å². The Labute approximate surface area is 179 Å². The van der Waals surface area contributed by atoms with Crippen LogP contribution in [0.25, 0.3) is 11.5 Å². The van der Waals surface area contributed by atoms with Crippen LogP contribution in [0, 0.1) is 11.3 Å². The van der Waals surface area contributed by atoms with E-state index in [0.717, 1.165) is 38.3 Å². The quantitative estimate of drug-likeness (QED) is 0.604. The van der Waals surface area contributed by atoms with Gasteiger partial charge in [0.2, 0.25) is 11.8 Å². The molecule has 3 aromatic rings. The molecule has 1 saturated heterocycles. The van der Waals surface area contributed by atoms with Crippen LogP contribution in [-0.4, -0.2) is 41.3 Å². The van der Waals surface area contributed by atoms with Gasteiger partial charge in [-0.1, -0.05) is 23.2 Å². The van der Waals surface area contributed by atoms with Crippen molar-refractivity contribution in [3.05, 3.63) is 64.0 Å². The number of hydrogen-bond acceptors (Lipinski definition) is 6. The molecule has 2 heterocycles. The van der Waals surface area contributed by atoms with Gasteiger partial charge < -0.3 is 9.32 Å².